The first-order chi connectivity index (χ1) is 11.8. The van der Waals surface area contributed by atoms with Crippen molar-refractivity contribution in [2.24, 2.45) is 0 Å². The molecule has 130 valence electrons. The van der Waals surface area contributed by atoms with Crippen LogP contribution in [0.25, 0.3) is 0 Å². The average Bonchev–Trinajstić information content (AvgIpc) is 3.18. The fraction of sp³-hybridized carbons (Fsp3) is 0.600. The average molecular weight is 328 g/mol. The lowest BCUT2D eigenvalue weighted by Crippen LogP contribution is -2.51. The van der Waals surface area contributed by atoms with Gasteiger partial charge in [-0.2, -0.15) is 0 Å². The van der Waals surface area contributed by atoms with Gasteiger partial charge >= 0.3 is 0 Å². The summed E-state index contributed by atoms with van der Waals surface area (Å²) in [6, 6.07) is 10.5. The van der Waals surface area contributed by atoms with Gasteiger partial charge < -0.3 is 9.69 Å². The molecule has 2 aliphatic rings. The summed E-state index contributed by atoms with van der Waals surface area (Å²) in [4.78, 5) is 28.4. The van der Waals surface area contributed by atoms with Crippen molar-refractivity contribution >= 4 is 12.2 Å². The van der Waals surface area contributed by atoms with Gasteiger partial charge in [0.25, 0.3) is 0 Å². The molecule has 0 spiro atoms. The highest BCUT2D eigenvalue weighted by Gasteiger charge is 2.27. The third-order valence-electron chi connectivity index (χ3n) is 5.57. The molecule has 1 aromatic rings. The quantitative estimate of drug-likeness (QED) is 0.754. The van der Waals surface area contributed by atoms with Gasteiger partial charge in [0.05, 0.1) is 0 Å². The molecule has 1 amide bonds. The Kier molecular flexibility index (Phi) is 6.02. The van der Waals surface area contributed by atoms with Crippen LogP contribution in [-0.2, 0) is 9.59 Å². The summed E-state index contributed by atoms with van der Waals surface area (Å²) in [7, 11) is 0. The van der Waals surface area contributed by atoms with Gasteiger partial charge in [-0.15, -0.1) is 0 Å². The zero-order valence-corrected chi connectivity index (χ0v) is 14.4. The Balaban J connectivity index is 1.44. The Bertz CT molecular complexity index is 532. The van der Waals surface area contributed by atoms with Crippen molar-refractivity contribution < 1.29 is 9.59 Å². The van der Waals surface area contributed by atoms with Gasteiger partial charge in [-0.25, -0.2) is 0 Å². The summed E-state index contributed by atoms with van der Waals surface area (Å²) in [6.45, 7) is 3.69. The first kappa shape index (κ1) is 17.2. The number of amides is 1. The van der Waals surface area contributed by atoms with Gasteiger partial charge in [0, 0.05) is 44.6 Å². The Morgan fingerprint density at radius 2 is 1.75 bits per heavy atom. The number of hydrogen-bond donors (Lipinski definition) is 0. The van der Waals surface area contributed by atoms with E-state index in [-0.39, 0.29) is 11.8 Å². The molecule has 1 aromatic carbocycles. The number of nitrogens with zero attached hydrogens (tertiary/aromatic N) is 2. The molecule has 4 nitrogen and oxygen atoms in total. The van der Waals surface area contributed by atoms with Crippen LogP contribution < -0.4 is 0 Å². The van der Waals surface area contributed by atoms with Crippen LogP contribution in [0.1, 0.15) is 50.0 Å². The molecule has 1 aliphatic heterocycles. The van der Waals surface area contributed by atoms with Crippen molar-refractivity contribution in [2.45, 2.75) is 50.5 Å². The van der Waals surface area contributed by atoms with E-state index in [2.05, 4.69) is 4.90 Å². The SMILES string of the molecule is O=CC(CCC(=O)N1CCN(C2CCCC2)CC1)c1ccccc1. The second kappa shape index (κ2) is 8.43. The van der Waals surface area contributed by atoms with E-state index in [0.717, 1.165) is 44.1 Å². The maximum Gasteiger partial charge on any atom is 0.222 e. The third-order valence-corrected chi connectivity index (χ3v) is 5.57. The number of benzene rings is 1. The third kappa shape index (κ3) is 4.23. The largest absolute Gasteiger partial charge is 0.340 e. The molecule has 0 N–H and O–H groups in total. The van der Waals surface area contributed by atoms with E-state index in [4.69, 9.17) is 0 Å². The number of piperazine rings is 1. The molecule has 1 saturated heterocycles. The van der Waals surface area contributed by atoms with Crippen LogP contribution in [0.4, 0.5) is 0 Å². The van der Waals surface area contributed by atoms with Crippen LogP contribution >= 0.6 is 0 Å². The van der Waals surface area contributed by atoms with Crippen molar-refractivity contribution in [1.82, 2.24) is 9.80 Å². The summed E-state index contributed by atoms with van der Waals surface area (Å²) >= 11 is 0. The second-order valence-corrected chi connectivity index (χ2v) is 7.05. The minimum Gasteiger partial charge on any atom is -0.340 e. The van der Waals surface area contributed by atoms with Gasteiger partial charge in [0.15, 0.2) is 0 Å². The summed E-state index contributed by atoms with van der Waals surface area (Å²) in [5.74, 6) is 0.0266. The van der Waals surface area contributed by atoms with E-state index >= 15 is 0 Å². The number of carbonyl (C=O) groups is 2. The standard InChI is InChI=1S/C20H28N2O2/c23-16-18(17-6-2-1-3-7-17)10-11-20(24)22-14-12-21(13-15-22)19-8-4-5-9-19/h1-3,6-7,16,18-19H,4-5,8-15H2. The van der Waals surface area contributed by atoms with E-state index in [0.29, 0.717) is 12.8 Å². The van der Waals surface area contributed by atoms with Gasteiger partial charge in [-0.05, 0) is 24.8 Å². The van der Waals surface area contributed by atoms with E-state index in [1.54, 1.807) is 0 Å². The molecule has 3 rings (SSSR count). The smallest absolute Gasteiger partial charge is 0.222 e. The Hall–Kier alpha value is -1.68. The molecule has 1 aliphatic carbocycles. The molecule has 24 heavy (non-hydrogen) atoms. The highest BCUT2D eigenvalue weighted by molar-refractivity contribution is 5.77. The molecule has 1 unspecified atom stereocenters. The summed E-state index contributed by atoms with van der Waals surface area (Å²) in [5.41, 5.74) is 1.01. The lowest BCUT2D eigenvalue weighted by molar-refractivity contribution is -0.133. The van der Waals surface area contributed by atoms with Crippen LogP contribution in [0.15, 0.2) is 30.3 Å². The zero-order valence-electron chi connectivity index (χ0n) is 14.4. The second-order valence-electron chi connectivity index (χ2n) is 7.05. The lowest BCUT2D eigenvalue weighted by atomic mass is 9.95. The number of rotatable bonds is 6. The van der Waals surface area contributed by atoms with E-state index in [9.17, 15) is 9.59 Å². The molecule has 0 bridgehead atoms. The summed E-state index contributed by atoms with van der Waals surface area (Å²) < 4.78 is 0. The molecular weight excluding hydrogens is 300 g/mol. The van der Waals surface area contributed by atoms with Gasteiger partial charge in [-0.3, -0.25) is 9.69 Å². The van der Waals surface area contributed by atoms with Crippen LogP contribution in [0.3, 0.4) is 0 Å². The minimum atomic E-state index is -0.171. The molecule has 2 fully saturated rings. The van der Waals surface area contributed by atoms with Gasteiger partial charge in [-0.1, -0.05) is 43.2 Å². The van der Waals surface area contributed by atoms with E-state index in [1.807, 2.05) is 35.2 Å². The first-order valence-corrected chi connectivity index (χ1v) is 9.30. The van der Waals surface area contributed by atoms with Crippen molar-refractivity contribution in [3.63, 3.8) is 0 Å². The van der Waals surface area contributed by atoms with Crippen molar-refractivity contribution in [3.8, 4) is 0 Å². The fourth-order valence-electron chi connectivity index (χ4n) is 4.06. The van der Waals surface area contributed by atoms with Crippen LogP contribution in [0, 0.1) is 0 Å². The zero-order chi connectivity index (χ0) is 16.8. The fourth-order valence-corrected chi connectivity index (χ4v) is 4.06. The number of hydrogen-bond acceptors (Lipinski definition) is 3. The maximum atomic E-state index is 12.5. The molecule has 1 atom stereocenters. The molecule has 1 saturated carbocycles. The van der Waals surface area contributed by atoms with Crippen LogP contribution in [0.2, 0.25) is 0 Å². The Morgan fingerprint density at radius 1 is 1.08 bits per heavy atom. The number of carbonyl (C=O) groups excluding carboxylic acids is 2. The predicted octanol–water partition coefficient (Wildman–Crippen LogP) is 2.84. The molecule has 4 heteroatoms. The van der Waals surface area contributed by atoms with Gasteiger partial charge in [0.1, 0.15) is 6.29 Å². The molecule has 0 radical (unpaired) electrons. The predicted molar refractivity (Wildman–Crippen MR) is 94.9 cm³/mol. The number of aldehydes is 1. The van der Waals surface area contributed by atoms with E-state index < -0.39 is 0 Å². The highest BCUT2D eigenvalue weighted by atomic mass is 16.2. The highest BCUT2D eigenvalue weighted by Crippen LogP contribution is 2.25. The van der Waals surface area contributed by atoms with E-state index in [1.165, 1.54) is 25.7 Å². The summed E-state index contributed by atoms with van der Waals surface area (Å²) in [6.07, 6.45) is 7.41. The van der Waals surface area contributed by atoms with Crippen LogP contribution in [-0.4, -0.2) is 54.2 Å². The van der Waals surface area contributed by atoms with Gasteiger partial charge in [0.2, 0.25) is 5.91 Å². The molecule has 1 heterocycles. The normalized spacial score (nSPS) is 20.9. The van der Waals surface area contributed by atoms with Crippen molar-refractivity contribution in [2.75, 3.05) is 26.2 Å². The Labute approximate surface area is 144 Å². The summed E-state index contributed by atoms with van der Waals surface area (Å²) in [5, 5.41) is 0. The maximum absolute atomic E-state index is 12.5. The lowest BCUT2D eigenvalue weighted by Gasteiger charge is -2.38. The minimum absolute atomic E-state index is 0.171. The topological polar surface area (TPSA) is 40.6 Å². The molecular formula is C20H28N2O2. The monoisotopic (exact) mass is 328 g/mol. The van der Waals surface area contributed by atoms with Crippen molar-refractivity contribution in [1.29, 1.82) is 0 Å². The molecule has 0 aromatic heterocycles. The van der Waals surface area contributed by atoms with Crippen LogP contribution in [0.5, 0.6) is 0 Å². The Morgan fingerprint density at radius 3 is 2.38 bits per heavy atom. The first-order valence-electron chi connectivity index (χ1n) is 9.30. The van der Waals surface area contributed by atoms with Crippen molar-refractivity contribution in [3.05, 3.63) is 35.9 Å².